The number of rotatable bonds is 1. The molecule has 2 rings (SSSR count). The molecule has 0 radical (unpaired) electrons. The summed E-state index contributed by atoms with van der Waals surface area (Å²) in [6.07, 6.45) is 3.58. The van der Waals surface area contributed by atoms with Gasteiger partial charge in [0.2, 0.25) is 0 Å². The third-order valence-electron chi connectivity index (χ3n) is 1.85. The van der Waals surface area contributed by atoms with E-state index < -0.39 is 0 Å². The molecule has 0 aliphatic heterocycles. The van der Waals surface area contributed by atoms with E-state index in [2.05, 4.69) is 41.2 Å². The van der Waals surface area contributed by atoms with Crippen molar-refractivity contribution in [2.45, 2.75) is 6.92 Å². The lowest BCUT2D eigenvalue weighted by molar-refractivity contribution is 1.31. The van der Waals surface area contributed by atoms with E-state index >= 15 is 0 Å². The fourth-order valence-electron chi connectivity index (χ4n) is 1.14. The summed E-state index contributed by atoms with van der Waals surface area (Å²) in [5.74, 6) is 0. The summed E-state index contributed by atoms with van der Waals surface area (Å²) in [7, 11) is 0. The number of aromatic amines is 1. The maximum Gasteiger partial charge on any atom is 0.0927 e. The van der Waals surface area contributed by atoms with Crippen LogP contribution in [0.1, 0.15) is 5.56 Å². The highest BCUT2D eigenvalue weighted by Gasteiger charge is 1.96. The molecule has 12 heavy (non-hydrogen) atoms. The molecular weight excluding hydrogens is 148 g/mol. The second kappa shape index (κ2) is 2.81. The predicted molar refractivity (Wildman–Crippen MR) is 48.8 cm³/mol. The van der Waals surface area contributed by atoms with Crippen molar-refractivity contribution < 1.29 is 0 Å². The SMILES string of the molecule is Cc1ccc(-c2c[nH]cn2)cc1. The van der Waals surface area contributed by atoms with Crippen LogP contribution in [0, 0.1) is 6.92 Å². The van der Waals surface area contributed by atoms with Crippen LogP contribution in [0.4, 0.5) is 0 Å². The number of hydrogen-bond donors (Lipinski definition) is 1. The van der Waals surface area contributed by atoms with Gasteiger partial charge in [-0.2, -0.15) is 0 Å². The maximum atomic E-state index is 4.16. The summed E-state index contributed by atoms with van der Waals surface area (Å²) in [6.45, 7) is 2.08. The van der Waals surface area contributed by atoms with Crippen molar-refractivity contribution in [2.24, 2.45) is 0 Å². The smallest absolute Gasteiger partial charge is 0.0927 e. The van der Waals surface area contributed by atoms with Crippen LogP contribution in [0.25, 0.3) is 11.3 Å². The summed E-state index contributed by atoms with van der Waals surface area (Å²) in [6, 6.07) is 8.32. The topological polar surface area (TPSA) is 28.7 Å². The number of nitrogens with one attached hydrogen (secondary N) is 1. The molecule has 2 heteroatoms. The van der Waals surface area contributed by atoms with Gasteiger partial charge in [0, 0.05) is 11.8 Å². The number of nitrogens with zero attached hydrogens (tertiary/aromatic N) is 1. The molecule has 0 spiro atoms. The van der Waals surface area contributed by atoms with Gasteiger partial charge in [-0.1, -0.05) is 29.8 Å². The van der Waals surface area contributed by atoms with E-state index in [0.29, 0.717) is 0 Å². The molecule has 2 aromatic rings. The van der Waals surface area contributed by atoms with Crippen molar-refractivity contribution in [3.8, 4) is 11.3 Å². The van der Waals surface area contributed by atoms with Crippen LogP contribution in [-0.4, -0.2) is 9.97 Å². The highest BCUT2D eigenvalue weighted by atomic mass is 14.9. The van der Waals surface area contributed by atoms with Gasteiger partial charge in [-0.25, -0.2) is 4.98 Å². The second-order valence-electron chi connectivity index (χ2n) is 2.82. The molecule has 0 atom stereocenters. The standard InChI is InChI=1S/C10H10N2/c1-8-2-4-9(5-3-8)10-6-11-7-12-10/h2-7H,1H3,(H,11,12). The van der Waals surface area contributed by atoms with E-state index in [1.54, 1.807) is 6.33 Å². The molecule has 0 amide bonds. The van der Waals surface area contributed by atoms with Crippen LogP contribution in [0.15, 0.2) is 36.8 Å². The summed E-state index contributed by atoms with van der Waals surface area (Å²) < 4.78 is 0. The molecule has 0 fully saturated rings. The van der Waals surface area contributed by atoms with Crippen LogP contribution in [0.2, 0.25) is 0 Å². The van der Waals surface area contributed by atoms with E-state index in [1.165, 1.54) is 5.56 Å². The number of aromatic nitrogens is 2. The van der Waals surface area contributed by atoms with Gasteiger partial charge in [0.15, 0.2) is 0 Å². The molecule has 0 bridgehead atoms. The Labute approximate surface area is 71.3 Å². The summed E-state index contributed by atoms with van der Waals surface area (Å²) in [5, 5.41) is 0. The monoisotopic (exact) mass is 158 g/mol. The highest BCUT2D eigenvalue weighted by molar-refractivity contribution is 5.58. The fraction of sp³-hybridized carbons (Fsp3) is 0.100. The number of hydrogen-bond acceptors (Lipinski definition) is 1. The quantitative estimate of drug-likeness (QED) is 0.678. The van der Waals surface area contributed by atoms with Gasteiger partial charge in [-0.3, -0.25) is 0 Å². The van der Waals surface area contributed by atoms with Gasteiger partial charge >= 0.3 is 0 Å². The molecule has 0 aliphatic carbocycles. The number of H-pyrrole nitrogens is 1. The molecular formula is C10H10N2. The third-order valence-corrected chi connectivity index (χ3v) is 1.85. The van der Waals surface area contributed by atoms with Crippen molar-refractivity contribution in [1.29, 1.82) is 0 Å². The predicted octanol–water partition coefficient (Wildman–Crippen LogP) is 2.39. The van der Waals surface area contributed by atoms with Gasteiger partial charge in [0.25, 0.3) is 0 Å². The van der Waals surface area contributed by atoms with Gasteiger partial charge in [-0.15, -0.1) is 0 Å². The molecule has 1 aromatic carbocycles. The Bertz CT molecular complexity index is 346. The maximum absolute atomic E-state index is 4.16. The van der Waals surface area contributed by atoms with E-state index in [1.807, 2.05) is 6.20 Å². The average molecular weight is 158 g/mol. The van der Waals surface area contributed by atoms with Crippen LogP contribution in [-0.2, 0) is 0 Å². The molecule has 60 valence electrons. The van der Waals surface area contributed by atoms with Crippen molar-refractivity contribution in [2.75, 3.05) is 0 Å². The minimum Gasteiger partial charge on any atom is -0.351 e. The first-order valence-corrected chi connectivity index (χ1v) is 3.92. The molecule has 1 heterocycles. The normalized spacial score (nSPS) is 10.1. The fourth-order valence-corrected chi connectivity index (χ4v) is 1.14. The lowest BCUT2D eigenvalue weighted by atomic mass is 10.1. The Morgan fingerprint density at radius 2 is 1.92 bits per heavy atom. The Morgan fingerprint density at radius 3 is 2.50 bits per heavy atom. The molecule has 0 aliphatic rings. The summed E-state index contributed by atoms with van der Waals surface area (Å²) in [5.41, 5.74) is 3.42. The van der Waals surface area contributed by atoms with Crippen molar-refractivity contribution >= 4 is 0 Å². The first-order valence-electron chi connectivity index (χ1n) is 3.92. The molecule has 1 aromatic heterocycles. The number of imidazole rings is 1. The van der Waals surface area contributed by atoms with E-state index in [4.69, 9.17) is 0 Å². The zero-order valence-corrected chi connectivity index (χ0v) is 6.91. The van der Waals surface area contributed by atoms with Crippen molar-refractivity contribution in [1.82, 2.24) is 9.97 Å². The summed E-state index contributed by atoms with van der Waals surface area (Å²) >= 11 is 0. The third kappa shape index (κ3) is 1.23. The Hall–Kier alpha value is -1.57. The minimum absolute atomic E-state index is 0.995. The Kier molecular flexibility index (Phi) is 1.67. The van der Waals surface area contributed by atoms with Gasteiger partial charge in [0.05, 0.1) is 12.0 Å². The minimum atomic E-state index is 0.995. The average Bonchev–Trinajstić information content (AvgIpc) is 2.58. The van der Waals surface area contributed by atoms with Crippen molar-refractivity contribution in [3.63, 3.8) is 0 Å². The van der Waals surface area contributed by atoms with Gasteiger partial charge in [-0.05, 0) is 6.92 Å². The Balaban J connectivity index is 2.43. The number of benzene rings is 1. The Morgan fingerprint density at radius 1 is 1.17 bits per heavy atom. The molecule has 0 unspecified atom stereocenters. The van der Waals surface area contributed by atoms with Crippen LogP contribution in [0.5, 0.6) is 0 Å². The van der Waals surface area contributed by atoms with Gasteiger partial charge < -0.3 is 4.98 Å². The molecule has 0 saturated carbocycles. The lowest BCUT2D eigenvalue weighted by Gasteiger charge is -1.95. The lowest BCUT2D eigenvalue weighted by Crippen LogP contribution is -1.76. The van der Waals surface area contributed by atoms with E-state index in [0.717, 1.165) is 11.3 Å². The number of aryl methyl sites for hydroxylation is 1. The first-order chi connectivity index (χ1) is 5.86. The molecule has 0 saturated heterocycles. The van der Waals surface area contributed by atoms with Gasteiger partial charge in [0.1, 0.15) is 0 Å². The summed E-state index contributed by atoms with van der Waals surface area (Å²) in [4.78, 5) is 7.09. The molecule has 1 N–H and O–H groups in total. The first kappa shape index (κ1) is 7.10. The zero-order valence-electron chi connectivity index (χ0n) is 6.91. The van der Waals surface area contributed by atoms with Crippen LogP contribution < -0.4 is 0 Å². The van der Waals surface area contributed by atoms with E-state index in [-0.39, 0.29) is 0 Å². The van der Waals surface area contributed by atoms with Crippen molar-refractivity contribution in [3.05, 3.63) is 42.4 Å². The second-order valence-corrected chi connectivity index (χ2v) is 2.82. The molecule has 2 nitrogen and oxygen atoms in total. The van der Waals surface area contributed by atoms with E-state index in [9.17, 15) is 0 Å². The zero-order chi connectivity index (χ0) is 8.39. The highest BCUT2D eigenvalue weighted by Crippen LogP contribution is 2.15. The van der Waals surface area contributed by atoms with Crippen LogP contribution in [0.3, 0.4) is 0 Å². The van der Waals surface area contributed by atoms with Crippen LogP contribution >= 0.6 is 0 Å². The largest absolute Gasteiger partial charge is 0.351 e.